The molecule has 2 aromatic carbocycles. The zero-order chi connectivity index (χ0) is 22.7. The first-order valence-corrected chi connectivity index (χ1v) is 12.3. The van der Waals surface area contributed by atoms with E-state index in [0.29, 0.717) is 24.4 Å². The van der Waals surface area contributed by atoms with Gasteiger partial charge in [0.2, 0.25) is 15.9 Å². The molecule has 1 aliphatic rings. The summed E-state index contributed by atoms with van der Waals surface area (Å²) in [7, 11) is -3.94. The molecule has 1 fully saturated rings. The van der Waals surface area contributed by atoms with Gasteiger partial charge in [-0.25, -0.2) is 22.2 Å². The lowest BCUT2D eigenvalue weighted by Crippen LogP contribution is -2.41. The first-order chi connectivity index (χ1) is 15.3. The number of piperidine rings is 1. The molecule has 32 heavy (non-hydrogen) atoms. The van der Waals surface area contributed by atoms with Gasteiger partial charge in [0.25, 0.3) is 0 Å². The molecule has 0 aliphatic carbocycles. The zero-order valence-corrected chi connectivity index (χ0v) is 18.6. The fourth-order valence-corrected chi connectivity index (χ4v) is 5.99. The number of sulfonamides is 1. The number of carbonyl (C=O) groups excluding carboxylic acids is 1. The minimum Gasteiger partial charge on any atom is -0.302 e. The lowest BCUT2D eigenvalue weighted by molar-refractivity contribution is -0.120. The van der Waals surface area contributed by atoms with Gasteiger partial charge in [-0.3, -0.25) is 4.79 Å². The maximum absolute atomic E-state index is 14.0. The van der Waals surface area contributed by atoms with Crippen LogP contribution in [0.3, 0.4) is 0 Å². The van der Waals surface area contributed by atoms with Gasteiger partial charge in [-0.05, 0) is 42.7 Å². The molecule has 0 saturated carbocycles. The van der Waals surface area contributed by atoms with Crippen molar-refractivity contribution < 1.29 is 22.0 Å². The van der Waals surface area contributed by atoms with Crippen LogP contribution in [0.5, 0.6) is 0 Å². The molecule has 2 heterocycles. The molecule has 1 amide bonds. The van der Waals surface area contributed by atoms with Crippen LogP contribution >= 0.6 is 11.3 Å². The second-order valence-electron chi connectivity index (χ2n) is 7.53. The first-order valence-electron chi connectivity index (χ1n) is 10.1. The topological polar surface area (TPSA) is 79.4 Å². The summed E-state index contributed by atoms with van der Waals surface area (Å²) in [4.78, 5) is 17.5. The number of anilines is 1. The monoisotopic (exact) mass is 477 g/mol. The minimum absolute atomic E-state index is 0.141. The second kappa shape index (κ2) is 9.43. The number of benzene rings is 2. The highest BCUT2D eigenvalue weighted by molar-refractivity contribution is 7.89. The quantitative estimate of drug-likeness (QED) is 0.581. The number of rotatable bonds is 6. The van der Waals surface area contributed by atoms with Gasteiger partial charge in [-0.1, -0.05) is 24.3 Å². The average molecular weight is 478 g/mol. The van der Waals surface area contributed by atoms with Crippen molar-refractivity contribution in [3.8, 4) is 0 Å². The van der Waals surface area contributed by atoms with Crippen molar-refractivity contribution in [2.75, 3.05) is 18.4 Å². The Labute approximate surface area is 189 Å². The molecule has 1 aromatic heterocycles. The summed E-state index contributed by atoms with van der Waals surface area (Å²) >= 11 is 1.34. The van der Waals surface area contributed by atoms with Crippen molar-refractivity contribution in [1.82, 2.24) is 9.29 Å². The number of carbonyl (C=O) groups is 1. The van der Waals surface area contributed by atoms with E-state index in [-0.39, 0.29) is 35.6 Å². The molecule has 1 N–H and O–H groups in total. The molecule has 1 aliphatic heterocycles. The third kappa shape index (κ3) is 5.03. The highest BCUT2D eigenvalue weighted by atomic mass is 32.2. The molecule has 0 atom stereocenters. The van der Waals surface area contributed by atoms with E-state index in [2.05, 4.69) is 10.3 Å². The summed E-state index contributed by atoms with van der Waals surface area (Å²) in [5.74, 6) is -1.64. The molecule has 0 spiro atoms. The van der Waals surface area contributed by atoms with E-state index < -0.39 is 15.8 Å². The van der Waals surface area contributed by atoms with Gasteiger partial charge in [0.05, 0.1) is 0 Å². The van der Waals surface area contributed by atoms with Gasteiger partial charge < -0.3 is 5.32 Å². The molecule has 0 radical (unpaired) electrons. The van der Waals surface area contributed by atoms with E-state index >= 15 is 0 Å². The molecule has 0 bridgehead atoms. The van der Waals surface area contributed by atoms with Crippen LogP contribution in [0.2, 0.25) is 0 Å². The molecule has 168 valence electrons. The van der Waals surface area contributed by atoms with E-state index in [1.165, 1.54) is 46.0 Å². The van der Waals surface area contributed by atoms with Crippen LogP contribution < -0.4 is 5.32 Å². The van der Waals surface area contributed by atoms with E-state index in [4.69, 9.17) is 0 Å². The van der Waals surface area contributed by atoms with Crippen LogP contribution in [-0.4, -0.2) is 36.7 Å². The Morgan fingerprint density at radius 3 is 2.47 bits per heavy atom. The van der Waals surface area contributed by atoms with E-state index in [1.807, 2.05) is 0 Å². The van der Waals surface area contributed by atoms with Crippen molar-refractivity contribution in [2.45, 2.75) is 24.2 Å². The van der Waals surface area contributed by atoms with Gasteiger partial charge in [0.1, 0.15) is 16.5 Å². The molecular formula is C22H21F2N3O3S2. The summed E-state index contributed by atoms with van der Waals surface area (Å²) in [5.41, 5.74) is 0.941. The van der Waals surface area contributed by atoms with Gasteiger partial charge in [0, 0.05) is 36.5 Å². The number of nitrogens with one attached hydrogen (secondary N) is 1. The number of nitrogens with zero attached hydrogens (tertiary/aromatic N) is 2. The summed E-state index contributed by atoms with van der Waals surface area (Å²) in [6.07, 6.45) is 2.94. The maximum atomic E-state index is 14.0. The molecule has 1 saturated heterocycles. The van der Waals surface area contributed by atoms with Gasteiger partial charge >= 0.3 is 0 Å². The number of halogens is 2. The Morgan fingerprint density at radius 2 is 1.78 bits per heavy atom. The zero-order valence-electron chi connectivity index (χ0n) is 17.0. The van der Waals surface area contributed by atoms with Crippen LogP contribution in [0, 0.1) is 17.6 Å². The van der Waals surface area contributed by atoms with E-state index in [1.54, 1.807) is 18.3 Å². The minimum atomic E-state index is -3.94. The number of amides is 1. The van der Waals surface area contributed by atoms with E-state index in [9.17, 15) is 22.0 Å². The van der Waals surface area contributed by atoms with E-state index in [0.717, 1.165) is 16.5 Å². The normalized spacial score (nSPS) is 15.6. The highest BCUT2D eigenvalue weighted by Gasteiger charge is 2.33. The smallest absolute Gasteiger partial charge is 0.245 e. The number of aromatic nitrogens is 1. The van der Waals surface area contributed by atoms with Crippen molar-refractivity contribution in [2.24, 2.45) is 5.92 Å². The van der Waals surface area contributed by atoms with Crippen LogP contribution in [0.25, 0.3) is 0 Å². The Bertz CT molecular complexity index is 1210. The lowest BCUT2D eigenvalue weighted by Gasteiger charge is -2.30. The Hall–Kier alpha value is -2.69. The predicted molar refractivity (Wildman–Crippen MR) is 118 cm³/mol. The summed E-state index contributed by atoms with van der Waals surface area (Å²) < 4.78 is 53.6. The lowest BCUT2D eigenvalue weighted by atomic mass is 9.97. The van der Waals surface area contributed by atoms with Crippen LogP contribution in [0.15, 0.2) is 59.6 Å². The molecule has 0 unspecified atom stereocenters. The van der Waals surface area contributed by atoms with Gasteiger partial charge in [-0.15, -0.1) is 11.3 Å². The van der Waals surface area contributed by atoms with Crippen molar-refractivity contribution in [3.63, 3.8) is 0 Å². The van der Waals surface area contributed by atoms with Gasteiger partial charge in [0.15, 0.2) is 5.13 Å². The average Bonchev–Trinajstić information content (AvgIpc) is 3.22. The molecule has 6 nitrogen and oxygen atoms in total. The highest BCUT2D eigenvalue weighted by Crippen LogP contribution is 2.27. The fourth-order valence-electron chi connectivity index (χ4n) is 3.61. The standard InChI is InChI=1S/C22H21F2N3O3S2/c23-17-7-5-15(6-8-17)13-18-14-25-22(31-18)26-21(28)16-9-11-27(12-10-16)32(29,30)20-4-2-1-3-19(20)24/h1-8,14,16H,9-13H2,(H,25,26,28). The predicted octanol–water partition coefficient (Wildman–Crippen LogP) is 4.05. The number of thiazole rings is 1. The fraction of sp³-hybridized carbons (Fsp3) is 0.273. The Balaban J connectivity index is 1.33. The van der Waals surface area contributed by atoms with Gasteiger partial charge in [-0.2, -0.15) is 4.31 Å². The van der Waals surface area contributed by atoms with Crippen molar-refractivity contribution in [1.29, 1.82) is 0 Å². The summed E-state index contributed by atoms with van der Waals surface area (Å²) in [6.45, 7) is 0.283. The number of hydrogen-bond donors (Lipinski definition) is 1. The molecule has 4 rings (SSSR count). The Kier molecular flexibility index (Phi) is 6.63. The van der Waals surface area contributed by atoms with Crippen LogP contribution in [0.1, 0.15) is 23.3 Å². The number of hydrogen-bond acceptors (Lipinski definition) is 5. The van der Waals surface area contributed by atoms with Crippen molar-refractivity contribution in [3.05, 3.63) is 76.8 Å². The maximum Gasteiger partial charge on any atom is 0.245 e. The van der Waals surface area contributed by atoms with Crippen LogP contribution in [-0.2, 0) is 21.2 Å². The first kappa shape index (κ1) is 22.5. The SMILES string of the molecule is O=C(Nc1ncc(Cc2ccc(F)cc2)s1)C1CCN(S(=O)(=O)c2ccccc2F)CC1. The summed E-state index contributed by atoms with van der Waals surface area (Å²) in [6, 6.07) is 11.5. The van der Waals surface area contributed by atoms with Crippen molar-refractivity contribution >= 4 is 32.4 Å². The van der Waals surface area contributed by atoms with Crippen LogP contribution in [0.4, 0.5) is 13.9 Å². The third-order valence-corrected chi connectivity index (χ3v) is 8.20. The Morgan fingerprint density at radius 1 is 1.09 bits per heavy atom. The largest absolute Gasteiger partial charge is 0.302 e. The summed E-state index contributed by atoms with van der Waals surface area (Å²) in [5, 5.41) is 3.27. The molecular weight excluding hydrogens is 456 g/mol. The third-order valence-electron chi connectivity index (χ3n) is 5.35. The molecule has 10 heteroatoms. The second-order valence-corrected chi connectivity index (χ2v) is 10.6. The molecule has 3 aromatic rings.